The van der Waals surface area contributed by atoms with Crippen LogP contribution in [0.25, 0.3) is 0 Å². The van der Waals surface area contributed by atoms with Crippen LogP contribution in [0, 0.1) is 0 Å². The molecule has 0 atom stereocenters. The third-order valence-corrected chi connectivity index (χ3v) is 1.47. The molecule has 0 spiro atoms. The minimum Gasteiger partial charge on any atom is -0.409 e. The molecule has 4 nitrogen and oxygen atoms in total. The minimum atomic E-state index is -4.26. The summed E-state index contributed by atoms with van der Waals surface area (Å²) in [5, 5.41) is 0. The van der Waals surface area contributed by atoms with E-state index < -0.39 is 7.82 Å². The lowest BCUT2D eigenvalue weighted by molar-refractivity contribution is 0.230. The first-order chi connectivity index (χ1) is 4.08. The molecule has 0 amide bonds. The van der Waals surface area contributed by atoms with E-state index in [0.29, 0.717) is 12.2 Å². The molecule has 52 valence electrons. The summed E-state index contributed by atoms with van der Waals surface area (Å²) >= 11 is 0. The maximum absolute atomic E-state index is 10.1. The van der Waals surface area contributed by atoms with Crippen LogP contribution in [0.2, 0.25) is 0 Å². The number of hydrogen-bond donors (Lipinski definition) is 2. The van der Waals surface area contributed by atoms with Gasteiger partial charge in [-0.05, 0) is 12.5 Å². The molecule has 0 saturated heterocycles. The van der Waals surface area contributed by atoms with Crippen LogP contribution in [-0.2, 0) is 9.09 Å². The van der Waals surface area contributed by atoms with Crippen LogP contribution in [0.5, 0.6) is 0 Å². The largest absolute Gasteiger partial charge is 0.524 e. The fraction of sp³-hybridized carbons (Fsp3) is 0.500. The van der Waals surface area contributed by atoms with Gasteiger partial charge in [-0.15, -0.1) is 0 Å². The van der Waals surface area contributed by atoms with Crippen molar-refractivity contribution in [2.45, 2.75) is 12.8 Å². The molecule has 0 bridgehead atoms. The Hall–Kier alpha value is -0.310. The molecule has 2 N–H and O–H groups in total. The first kappa shape index (κ1) is 6.81. The van der Waals surface area contributed by atoms with E-state index in [4.69, 9.17) is 9.79 Å². The summed E-state index contributed by atoms with van der Waals surface area (Å²) in [4.78, 5) is 16.4. The molecule has 0 aromatic carbocycles. The fourth-order valence-electron chi connectivity index (χ4n) is 0.498. The Kier molecular flexibility index (Phi) is 1.62. The van der Waals surface area contributed by atoms with Gasteiger partial charge in [-0.1, -0.05) is 0 Å². The maximum Gasteiger partial charge on any atom is 0.524 e. The van der Waals surface area contributed by atoms with Gasteiger partial charge in [-0.3, -0.25) is 9.79 Å². The van der Waals surface area contributed by atoms with E-state index in [9.17, 15) is 4.57 Å². The second-order valence-electron chi connectivity index (χ2n) is 1.79. The Morgan fingerprint density at radius 3 is 2.33 bits per heavy atom. The van der Waals surface area contributed by atoms with Gasteiger partial charge < -0.3 is 4.52 Å². The predicted molar refractivity (Wildman–Crippen MR) is 30.4 cm³/mol. The predicted octanol–water partition coefficient (Wildman–Crippen LogP) is 0.773. The summed E-state index contributed by atoms with van der Waals surface area (Å²) in [6.07, 6.45) is 3.15. The third kappa shape index (κ3) is 2.18. The normalized spacial score (nSPS) is 18.2. The van der Waals surface area contributed by atoms with Crippen molar-refractivity contribution in [2.24, 2.45) is 0 Å². The van der Waals surface area contributed by atoms with Crippen LogP contribution in [0.3, 0.4) is 0 Å². The first-order valence-electron chi connectivity index (χ1n) is 2.52. The van der Waals surface area contributed by atoms with E-state index in [2.05, 4.69) is 4.52 Å². The topological polar surface area (TPSA) is 66.8 Å². The summed E-state index contributed by atoms with van der Waals surface area (Å²) < 4.78 is 14.3. The molecule has 9 heavy (non-hydrogen) atoms. The van der Waals surface area contributed by atoms with Crippen molar-refractivity contribution in [3.63, 3.8) is 0 Å². The van der Waals surface area contributed by atoms with Crippen molar-refractivity contribution in [3.05, 3.63) is 11.8 Å². The smallest absolute Gasteiger partial charge is 0.409 e. The van der Waals surface area contributed by atoms with Crippen LogP contribution in [-0.4, -0.2) is 9.79 Å². The minimum absolute atomic E-state index is 0.406. The molecule has 1 aliphatic rings. The van der Waals surface area contributed by atoms with E-state index in [1.54, 1.807) is 6.08 Å². The van der Waals surface area contributed by atoms with Crippen molar-refractivity contribution >= 4 is 7.82 Å². The molecule has 0 aliphatic heterocycles. The molecule has 0 aromatic rings. The average Bonchev–Trinajstić information content (AvgIpc) is 1.53. The van der Waals surface area contributed by atoms with Crippen LogP contribution in [0.4, 0.5) is 0 Å². The van der Waals surface area contributed by atoms with E-state index >= 15 is 0 Å². The molecular weight excluding hydrogens is 143 g/mol. The lowest BCUT2D eigenvalue weighted by Gasteiger charge is -2.15. The van der Waals surface area contributed by atoms with Crippen LogP contribution < -0.4 is 0 Å². The number of rotatable bonds is 2. The lowest BCUT2D eigenvalue weighted by atomic mass is 10.1. The molecule has 0 unspecified atom stereocenters. The third-order valence-electron chi connectivity index (χ3n) is 0.999. The highest BCUT2D eigenvalue weighted by atomic mass is 31.2. The average molecular weight is 150 g/mol. The van der Waals surface area contributed by atoms with Gasteiger partial charge in [-0.2, -0.15) is 0 Å². The van der Waals surface area contributed by atoms with Gasteiger partial charge >= 0.3 is 7.82 Å². The molecule has 0 saturated carbocycles. The van der Waals surface area contributed by atoms with E-state index in [1.165, 1.54) is 0 Å². The van der Waals surface area contributed by atoms with Gasteiger partial charge in [0.05, 0.1) is 0 Å². The van der Waals surface area contributed by atoms with Crippen LogP contribution in [0.15, 0.2) is 11.8 Å². The van der Waals surface area contributed by atoms with Crippen molar-refractivity contribution in [1.82, 2.24) is 0 Å². The van der Waals surface area contributed by atoms with Gasteiger partial charge in [0.2, 0.25) is 0 Å². The molecular formula is C4H7O4P. The van der Waals surface area contributed by atoms with Gasteiger partial charge in [0.25, 0.3) is 0 Å². The molecule has 0 aromatic heterocycles. The monoisotopic (exact) mass is 150 g/mol. The highest BCUT2D eigenvalue weighted by Crippen LogP contribution is 2.42. The molecule has 0 fully saturated rings. The van der Waals surface area contributed by atoms with E-state index in [0.717, 1.165) is 6.42 Å². The van der Waals surface area contributed by atoms with Crippen LogP contribution >= 0.6 is 7.82 Å². The Morgan fingerprint density at radius 1 is 1.67 bits per heavy atom. The highest BCUT2D eigenvalue weighted by Gasteiger charge is 2.19. The maximum atomic E-state index is 10.1. The molecule has 1 aliphatic carbocycles. The first-order valence-corrected chi connectivity index (χ1v) is 4.05. The summed E-state index contributed by atoms with van der Waals surface area (Å²) in [5.74, 6) is 0.406. The van der Waals surface area contributed by atoms with Crippen molar-refractivity contribution in [3.8, 4) is 0 Å². The zero-order chi connectivity index (χ0) is 6.91. The number of phosphoric ester groups is 1. The second kappa shape index (κ2) is 2.14. The van der Waals surface area contributed by atoms with E-state index in [-0.39, 0.29) is 0 Å². The van der Waals surface area contributed by atoms with Crippen LogP contribution in [0.1, 0.15) is 12.8 Å². The Balaban J connectivity index is 2.42. The lowest BCUT2D eigenvalue weighted by Crippen LogP contribution is -1.97. The summed E-state index contributed by atoms with van der Waals surface area (Å²) in [7, 11) is -4.26. The van der Waals surface area contributed by atoms with Gasteiger partial charge in [0.1, 0.15) is 5.76 Å². The van der Waals surface area contributed by atoms with Crippen molar-refractivity contribution in [2.75, 3.05) is 0 Å². The van der Waals surface area contributed by atoms with Gasteiger partial charge in [-0.25, -0.2) is 4.57 Å². The van der Waals surface area contributed by atoms with Gasteiger partial charge in [0.15, 0.2) is 0 Å². The number of phosphoric acid groups is 1. The summed E-state index contributed by atoms with van der Waals surface area (Å²) in [6.45, 7) is 0. The SMILES string of the molecule is O=P(O)(O)OC1=CCC1. The number of hydrogen-bond acceptors (Lipinski definition) is 2. The Labute approximate surface area is 52.4 Å². The molecule has 1 rings (SSSR count). The van der Waals surface area contributed by atoms with Crippen molar-refractivity contribution < 1.29 is 18.9 Å². The second-order valence-corrected chi connectivity index (χ2v) is 2.95. The zero-order valence-corrected chi connectivity index (χ0v) is 5.54. The van der Waals surface area contributed by atoms with Gasteiger partial charge in [0, 0.05) is 6.42 Å². The molecule has 0 radical (unpaired) electrons. The molecule has 0 heterocycles. The Bertz CT molecular complexity index is 179. The fourth-order valence-corrected chi connectivity index (χ4v) is 0.969. The Morgan fingerprint density at radius 2 is 2.22 bits per heavy atom. The zero-order valence-electron chi connectivity index (χ0n) is 4.65. The standard InChI is InChI=1S/C4H7O4P/c5-9(6,7)8-4-2-1-3-4/h2H,1,3H2,(H2,5,6,7). The van der Waals surface area contributed by atoms with E-state index in [1.807, 2.05) is 0 Å². The quantitative estimate of drug-likeness (QED) is 0.570. The summed E-state index contributed by atoms with van der Waals surface area (Å²) in [6, 6.07) is 0. The number of allylic oxidation sites excluding steroid dienone is 2. The molecule has 5 heteroatoms. The van der Waals surface area contributed by atoms with Crippen molar-refractivity contribution in [1.29, 1.82) is 0 Å². The summed E-state index contributed by atoms with van der Waals surface area (Å²) in [5.41, 5.74) is 0. The highest BCUT2D eigenvalue weighted by molar-refractivity contribution is 7.46.